The molecular formula is C21H31NO2S2. The highest BCUT2D eigenvalue weighted by atomic mass is 32.2. The minimum Gasteiger partial charge on any atom is -0.461 e. The molecule has 1 saturated carbocycles. The van der Waals surface area contributed by atoms with Gasteiger partial charge in [-0.1, -0.05) is 57.5 Å². The number of hydrogen-bond acceptors (Lipinski definition) is 5. The lowest BCUT2D eigenvalue weighted by molar-refractivity contribution is -0.154. The van der Waals surface area contributed by atoms with Crippen LogP contribution in [0, 0.1) is 11.8 Å². The predicted octanol–water partition coefficient (Wildman–Crippen LogP) is 5.39. The minimum atomic E-state index is -0.210. The molecule has 0 heterocycles. The van der Waals surface area contributed by atoms with E-state index in [4.69, 9.17) is 4.74 Å². The second-order valence-corrected chi connectivity index (χ2v) is 9.48. The minimum absolute atomic E-state index is 0.0285. The molecule has 5 heteroatoms. The lowest BCUT2D eigenvalue weighted by Gasteiger charge is -2.43. The molecule has 26 heavy (non-hydrogen) atoms. The number of rotatable bonds is 5. The number of aliphatic imine (C=N–C) groups is 1. The Morgan fingerprint density at radius 1 is 1.19 bits per heavy atom. The largest absolute Gasteiger partial charge is 0.461 e. The molecule has 2 rings (SSSR count). The molecule has 1 fully saturated rings. The van der Waals surface area contributed by atoms with Crippen LogP contribution in [0.1, 0.15) is 45.6 Å². The summed E-state index contributed by atoms with van der Waals surface area (Å²) in [5.41, 5.74) is 1.28. The average Bonchev–Trinajstić information content (AvgIpc) is 2.63. The number of benzene rings is 1. The Morgan fingerprint density at radius 3 is 2.46 bits per heavy atom. The maximum absolute atomic E-state index is 12.4. The van der Waals surface area contributed by atoms with Crippen molar-refractivity contribution in [1.82, 2.24) is 0 Å². The molecule has 0 spiro atoms. The van der Waals surface area contributed by atoms with E-state index in [1.807, 2.05) is 18.6 Å². The Morgan fingerprint density at radius 2 is 1.85 bits per heavy atom. The number of esters is 1. The average molecular weight is 394 g/mol. The van der Waals surface area contributed by atoms with Crippen LogP contribution in [0.15, 0.2) is 35.3 Å². The molecular weight excluding hydrogens is 362 g/mol. The first-order valence-electron chi connectivity index (χ1n) is 9.26. The molecule has 3 nitrogen and oxygen atoms in total. The fraction of sp³-hybridized carbons (Fsp3) is 0.619. The van der Waals surface area contributed by atoms with Gasteiger partial charge in [0.1, 0.15) is 17.0 Å². The van der Waals surface area contributed by atoms with Crippen molar-refractivity contribution in [2.24, 2.45) is 16.8 Å². The van der Waals surface area contributed by atoms with Gasteiger partial charge in [-0.25, -0.2) is 0 Å². The zero-order chi connectivity index (χ0) is 19.2. The van der Waals surface area contributed by atoms with Gasteiger partial charge in [0.25, 0.3) is 0 Å². The summed E-state index contributed by atoms with van der Waals surface area (Å²) in [4.78, 5) is 16.8. The van der Waals surface area contributed by atoms with Crippen LogP contribution in [-0.2, 0) is 14.9 Å². The molecule has 1 aliphatic carbocycles. The molecule has 0 N–H and O–H groups in total. The maximum Gasteiger partial charge on any atom is 0.328 e. The van der Waals surface area contributed by atoms with Gasteiger partial charge >= 0.3 is 5.97 Å². The second kappa shape index (κ2) is 9.84. The SMILES string of the molecule is CSC(=NCC(=O)O[C@@H]1C[C@H](C)CC[C@H]1C(C)(C)c1ccccc1)SC. The zero-order valence-electron chi connectivity index (χ0n) is 16.5. The van der Waals surface area contributed by atoms with Gasteiger partial charge in [-0.05, 0) is 42.2 Å². The standard InChI is InChI=1S/C21H31NO2S2/c1-15-11-12-17(21(2,3)16-9-7-6-8-10-16)18(13-15)24-19(23)14-22-20(25-4)26-5/h6-10,15,17-18H,11-14H2,1-5H3/t15-,17-,18-/m1/s1. The van der Waals surface area contributed by atoms with Gasteiger partial charge < -0.3 is 4.74 Å². The molecule has 0 bridgehead atoms. The van der Waals surface area contributed by atoms with Crippen molar-refractivity contribution < 1.29 is 9.53 Å². The van der Waals surface area contributed by atoms with Crippen LogP contribution in [0.2, 0.25) is 0 Å². The molecule has 0 aromatic heterocycles. The molecule has 1 aromatic rings. The van der Waals surface area contributed by atoms with Gasteiger partial charge in [-0.3, -0.25) is 9.79 Å². The van der Waals surface area contributed by atoms with Crippen molar-refractivity contribution in [2.75, 3.05) is 19.1 Å². The van der Waals surface area contributed by atoms with E-state index in [-0.39, 0.29) is 24.0 Å². The Labute approximate surface area is 166 Å². The van der Waals surface area contributed by atoms with E-state index >= 15 is 0 Å². The number of carbonyl (C=O) groups is 1. The molecule has 0 amide bonds. The van der Waals surface area contributed by atoms with Crippen LogP contribution in [-0.4, -0.2) is 35.5 Å². The van der Waals surface area contributed by atoms with Crippen molar-refractivity contribution in [3.63, 3.8) is 0 Å². The lowest BCUT2D eigenvalue weighted by atomic mass is 9.64. The smallest absolute Gasteiger partial charge is 0.328 e. The fourth-order valence-corrected chi connectivity index (χ4v) is 4.97. The molecule has 0 aliphatic heterocycles. The van der Waals surface area contributed by atoms with E-state index in [9.17, 15) is 4.79 Å². The number of hydrogen-bond donors (Lipinski definition) is 0. The summed E-state index contributed by atoms with van der Waals surface area (Å²) in [6.45, 7) is 6.92. The molecule has 0 saturated heterocycles. The lowest BCUT2D eigenvalue weighted by Crippen LogP contribution is -2.43. The molecule has 0 unspecified atom stereocenters. The molecule has 1 aromatic carbocycles. The first-order valence-corrected chi connectivity index (χ1v) is 11.7. The molecule has 3 atom stereocenters. The van der Waals surface area contributed by atoms with E-state index in [0.717, 1.165) is 17.2 Å². The first-order chi connectivity index (χ1) is 12.4. The van der Waals surface area contributed by atoms with Gasteiger partial charge in [0.05, 0.1) is 0 Å². The van der Waals surface area contributed by atoms with Crippen LogP contribution in [0.5, 0.6) is 0 Å². The van der Waals surface area contributed by atoms with Crippen LogP contribution in [0.4, 0.5) is 0 Å². The van der Waals surface area contributed by atoms with E-state index in [2.05, 4.69) is 50.0 Å². The van der Waals surface area contributed by atoms with Crippen molar-refractivity contribution in [3.8, 4) is 0 Å². The monoisotopic (exact) mass is 393 g/mol. The highest BCUT2D eigenvalue weighted by molar-refractivity contribution is 8.38. The van der Waals surface area contributed by atoms with Gasteiger partial charge in [0.15, 0.2) is 0 Å². The predicted molar refractivity (Wildman–Crippen MR) is 115 cm³/mol. The highest BCUT2D eigenvalue weighted by Crippen LogP contribution is 2.43. The van der Waals surface area contributed by atoms with Gasteiger partial charge in [-0.15, -0.1) is 23.5 Å². The Kier molecular flexibility index (Phi) is 8.08. The second-order valence-electron chi connectivity index (χ2n) is 7.63. The summed E-state index contributed by atoms with van der Waals surface area (Å²) in [6, 6.07) is 10.6. The van der Waals surface area contributed by atoms with Crippen LogP contribution < -0.4 is 0 Å². The number of ether oxygens (including phenoxy) is 1. The van der Waals surface area contributed by atoms with Crippen molar-refractivity contribution >= 4 is 33.9 Å². The van der Waals surface area contributed by atoms with Gasteiger partial charge in [0.2, 0.25) is 0 Å². The van der Waals surface area contributed by atoms with E-state index in [0.29, 0.717) is 11.8 Å². The van der Waals surface area contributed by atoms with Crippen molar-refractivity contribution in [2.45, 2.75) is 51.6 Å². The quantitative estimate of drug-likeness (QED) is 0.382. The molecule has 1 aliphatic rings. The van der Waals surface area contributed by atoms with Crippen molar-refractivity contribution in [3.05, 3.63) is 35.9 Å². The van der Waals surface area contributed by atoms with Crippen LogP contribution >= 0.6 is 23.5 Å². The fourth-order valence-electron chi connectivity index (χ4n) is 3.91. The topological polar surface area (TPSA) is 38.7 Å². The third kappa shape index (κ3) is 5.53. The zero-order valence-corrected chi connectivity index (χ0v) is 18.2. The van der Waals surface area contributed by atoms with Crippen LogP contribution in [0.25, 0.3) is 0 Å². The molecule has 144 valence electrons. The summed E-state index contributed by atoms with van der Waals surface area (Å²) in [6.07, 6.45) is 7.13. The van der Waals surface area contributed by atoms with Crippen LogP contribution in [0.3, 0.4) is 0 Å². The number of thioether (sulfide) groups is 2. The van der Waals surface area contributed by atoms with E-state index in [1.54, 1.807) is 23.5 Å². The van der Waals surface area contributed by atoms with E-state index in [1.165, 1.54) is 12.0 Å². The summed E-state index contributed by atoms with van der Waals surface area (Å²) in [7, 11) is 0. The number of carbonyl (C=O) groups excluding carboxylic acids is 1. The summed E-state index contributed by atoms with van der Waals surface area (Å²) >= 11 is 3.13. The van der Waals surface area contributed by atoms with Crippen molar-refractivity contribution in [1.29, 1.82) is 0 Å². The van der Waals surface area contributed by atoms with Gasteiger partial charge in [0, 0.05) is 5.92 Å². The number of nitrogens with zero attached hydrogens (tertiary/aromatic N) is 1. The third-order valence-corrected chi connectivity index (χ3v) is 7.42. The summed E-state index contributed by atoms with van der Waals surface area (Å²) in [5.74, 6) is 0.709. The Balaban J connectivity index is 2.12. The Bertz CT molecular complexity index is 610. The summed E-state index contributed by atoms with van der Waals surface area (Å²) in [5, 5.41) is 0. The molecule has 0 radical (unpaired) electrons. The third-order valence-electron chi connectivity index (χ3n) is 5.47. The highest BCUT2D eigenvalue weighted by Gasteiger charge is 2.41. The van der Waals surface area contributed by atoms with Gasteiger partial charge in [-0.2, -0.15) is 0 Å². The Hall–Kier alpha value is -0.940. The maximum atomic E-state index is 12.4. The normalized spacial score (nSPS) is 23.3. The first kappa shape index (κ1) is 21.4. The summed E-state index contributed by atoms with van der Waals surface area (Å²) < 4.78 is 6.87. The van der Waals surface area contributed by atoms with E-state index < -0.39 is 0 Å².